The van der Waals surface area contributed by atoms with Crippen molar-refractivity contribution in [3.8, 4) is 0 Å². The molecule has 1 aliphatic heterocycles. The van der Waals surface area contributed by atoms with Crippen molar-refractivity contribution >= 4 is 0 Å². The summed E-state index contributed by atoms with van der Waals surface area (Å²) in [7, 11) is 0. The zero-order chi connectivity index (χ0) is 14.8. The molecule has 20 heavy (non-hydrogen) atoms. The maximum atomic E-state index is 10.1. The molecule has 116 valence electrons. The van der Waals surface area contributed by atoms with Gasteiger partial charge in [0.2, 0.25) is 0 Å². The van der Waals surface area contributed by atoms with E-state index in [9.17, 15) is 5.11 Å². The highest BCUT2D eigenvalue weighted by Gasteiger charge is 2.40. The molecule has 0 aromatic heterocycles. The summed E-state index contributed by atoms with van der Waals surface area (Å²) in [5.74, 6) is 0. The number of allylic oxidation sites excluding steroid dienone is 1. The fourth-order valence-electron chi connectivity index (χ4n) is 2.98. The average molecular weight is 281 g/mol. The van der Waals surface area contributed by atoms with Gasteiger partial charge in [-0.15, -0.1) is 0 Å². The molecule has 3 unspecified atom stereocenters. The van der Waals surface area contributed by atoms with E-state index in [0.29, 0.717) is 4.48 Å². The molecular weight excluding hydrogens is 248 g/mol. The first-order valence-corrected chi connectivity index (χ1v) is 8.31. The summed E-state index contributed by atoms with van der Waals surface area (Å²) in [6.45, 7) is 7.18. The first-order chi connectivity index (χ1) is 9.67. The Morgan fingerprint density at radius 1 is 1.20 bits per heavy atom. The molecule has 0 bridgehead atoms. The number of aliphatic hydroxyl groups is 1. The zero-order valence-electron chi connectivity index (χ0n) is 13.5. The minimum Gasteiger partial charge on any atom is -0.345 e. The fourth-order valence-corrected chi connectivity index (χ4v) is 2.98. The molecule has 1 aliphatic rings. The first-order valence-electron chi connectivity index (χ1n) is 8.31. The summed E-state index contributed by atoms with van der Waals surface area (Å²) in [4.78, 5) is 0. The molecule has 0 aromatic carbocycles. The van der Waals surface area contributed by atoms with Gasteiger partial charge < -0.3 is 10.4 Å². The van der Waals surface area contributed by atoms with Gasteiger partial charge in [0.05, 0.1) is 12.7 Å². The number of unbranched alkanes of at least 4 members (excludes halogenated alkanes) is 5. The second-order valence-electron chi connectivity index (χ2n) is 5.85. The van der Waals surface area contributed by atoms with Crippen LogP contribution in [-0.4, -0.2) is 28.5 Å². The van der Waals surface area contributed by atoms with Crippen LogP contribution in [-0.2, 0) is 0 Å². The van der Waals surface area contributed by atoms with Crippen molar-refractivity contribution in [2.24, 2.45) is 0 Å². The van der Waals surface area contributed by atoms with Gasteiger partial charge in [0, 0.05) is 13.3 Å². The maximum absolute atomic E-state index is 10.1. The normalized spacial score (nSPS) is 27.1. The summed E-state index contributed by atoms with van der Waals surface area (Å²) in [6, 6.07) is 0. The Morgan fingerprint density at radius 2 is 1.95 bits per heavy atom. The van der Waals surface area contributed by atoms with Crippen LogP contribution >= 0.6 is 0 Å². The van der Waals surface area contributed by atoms with E-state index < -0.39 is 0 Å². The zero-order valence-corrected chi connectivity index (χ0v) is 13.5. The smallest absolute Gasteiger partial charge is 0.193 e. The van der Waals surface area contributed by atoms with E-state index in [4.69, 9.17) is 0 Å². The molecular formula is C17H33N2O+. The molecule has 0 aromatic rings. The van der Waals surface area contributed by atoms with Crippen molar-refractivity contribution in [2.45, 2.75) is 78.1 Å². The molecule has 2 N–H and O–H groups in total. The van der Waals surface area contributed by atoms with Gasteiger partial charge in [-0.3, -0.25) is 4.48 Å². The third-order valence-corrected chi connectivity index (χ3v) is 4.46. The van der Waals surface area contributed by atoms with Gasteiger partial charge in [-0.25, -0.2) is 0 Å². The minimum absolute atomic E-state index is 0.274. The Labute approximate surface area is 125 Å². The molecule has 1 rings (SSSR count). The molecule has 0 spiro atoms. The minimum atomic E-state index is -0.362. The second kappa shape index (κ2) is 9.19. The van der Waals surface area contributed by atoms with Gasteiger partial charge in [-0.1, -0.05) is 44.8 Å². The molecule has 0 amide bonds. The Balaban J connectivity index is 2.27. The highest BCUT2D eigenvalue weighted by atomic mass is 16.3. The Hall–Kier alpha value is -0.800. The van der Waals surface area contributed by atoms with Crippen LogP contribution in [0.2, 0.25) is 0 Å². The van der Waals surface area contributed by atoms with Gasteiger partial charge in [-0.2, -0.15) is 0 Å². The number of hydrogen-bond acceptors (Lipinski definition) is 2. The lowest BCUT2D eigenvalue weighted by molar-refractivity contribution is -0.941. The van der Waals surface area contributed by atoms with Crippen LogP contribution in [0.5, 0.6) is 0 Å². The van der Waals surface area contributed by atoms with Crippen LogP contribution < -0.4 is 5.32 Å². The monoisotopic (exact) mass is 281 g/mol. The van der Waals surface area contributed by atoms with Gasteiger partial charge >= 0.3 is 0 Å². The van der Waals surface area contributed by atoms with Crippen molar-refractivity contribution in [3.63, 3.8) is 0 Å². The number of nitrogens with zero attached hydrogens (tertiary/aromatic N) is 1. The van der Waals surface area contributed by atoms with Crippen molar-refractivity contribution in [1.82, 2.24) is 5.32 Å². The van der Waals surface area contributed by atoms with Crippen LogP contribution in [0.15, 0.2) is 24.6 Å². The van der Waals surface area contributed by atoms with E-state index in [-0.39, 0.29) is 12.4 Å². The number of quaternary nitrogens is 1. The summed E-state index contributed by atoms with van der Waals surface area (Å²) in [5, 5.41) is 13.4. The molecule has 3 atom stereocenters. The van der Waals surface area contributed by atoms with E-state index in [2.05, 4.69) is 37.5 Å². The Morgan fingerprint density at radius 3 is 2.60 bits per heavy atom. The largest absolute Gasteiger partial charge is 0.345 e. The maximum Gasteiger partial charge on any atom is 0.193 e. The lowest BCUT2D eigenvalue weighted by atomic mass is 10.1. The second-order valence-corrected chi connectivity index (χ2v) is 5.85. The van der Waals surface area contributed by atoms with E-state index in [1.54, 1.807) is 0 Å². The van der Waals surface area contributed by atoms with Gasteiger partial charge in [0.25, 0.3) is 0 Å². The van der Waals surface area contributed by atoms with Crippen LogP contribution in [0.1, 0.15) is 65.7 Å². The van der Waals surface area contributed by atoms with Crippen molar-refractivity contribution in [3.05, 3.63) is 24.6 Å². The predicted octanol–water partition coefficient (Wildman–Crippen LogP) is 3.87. The van der Waals surface area contributed by atoms with E-state index in [1.165, 1.54) is 38.5 Å². The summed E-state index contributed by atoms with van der Waals surface area (Å²) < 4.78 is 0.626. The number of hydrogen-bond donors (Lipinski definition) is 2. The van der Waals surface area contributed by atoms with Gasteiger partial charge in [0.15, 0.2) is 12.4 Å². The molecule has 1 heterocycles. The quantitative estimate of drug-likeness (QED) is 0.362. The van der Waals surface area contributed by atoms with E-state index in [1.807, 2.05) is 13.1 Å². The van der Waals surface area contributed by atoms with Crippen LogP contribution in [0.25, 0.3) is 0 Å². The van der Waals surface area contributed by atoms with Crippen LogP contribution in [0, 0.1) is 0 Å². The predicted molar refractivity (Wildman–Crippen MR) is 85.7 cm³/mol. The van der Waals surface area contributed by atoms with Crippen LogP contribution in [0.3, 0.4) is 0 Å². The summed E-state index contributed by atoms with van der Waals surface area (Å²) >= 11 is 0. The third kappa shape index (κ3) is 4.64. The molecule has 3 heteroatoms. The molecule has 0 fully saturated rings. The molecule has 0 aliphatic carbocycles. The summed E-state index contributed by atoms with van der Waals surface area (Å²) in [6.07, 6.45) is 17.4. The Bertz CT molecular complexity index is 312. The SMILES string of the molecule is CCCCCCC/C=C/CC1NC=C[N+]1(CC)C(C)O. The first kappa shape index (κ1) is 17.3. The average Bonchev–Trinajstić information content (AvgIpc) is 2.86. The molecule has 0 radical (unpaired) electrons. The van der Waals surface area contributed by atoms with Crippen LogP contribution in [0.4, 0.5) is 0 Å². The van der Waals surface area contributed by atoms with Gasteiger partial charge in [-0.05, 0) is 19.8 Å². The highest BCUT2D eigenvalue weighted by Crippen LogP contribution is 2.24. The van der Waals surface area contributed by atoms with E-state index in [0.717, 1.165) is 13.0 Å². The molecule has 0 saturated heterocycles. The third-order valence-electron chi connectivity index (χ3n) is 4.46. The standard InChI is InChI=1S/C17H33N2O/c1-4-6-7-8-9-10-11-12-13-17-18-14-15-19(17,5-2)16(3)20/h11-12,14-18,20H,4-10,13H2,1-3H3/q+1/b12-11+. The number of rotatable bonds is 10. The van der Waals surface area contributed by atoms with Crippen molar-refractivity contribution in [2.75, 3.05) is 6.54 Å². The topological polar surface area (TPSA) is 32.3 Å². The highest BCUT2D eigenvalue weighted by molar-refractivity contribution is 4.91. The number of aliphatic hydroxyl groups excluding tert-OH is 1. The Kier molecular flexibility index (Phi) is 7.93. The van der Waals surface area contributed by atoms with Crippen molar-refractivity contribution in [1.29, 1.82) is 0 Å². The summed E-state index contributed by atoms with van der Waals surface area (Å²) in [5.41, 5.74) is 0. The lowest BCUT2D eigenvalue weighted by Gasteiger charge is -2.38. The molecule has 0 saturated carbocycles. The molecule has 3 nitrogen and oxygen atoms in total. The van der Waals surface area contributed by atoms with Gasteiger partial charge in [0.1, 0.15) is 6.20 Å². The van der Waals surface area contributed by atoms with Crippen molar-refractivity contribution < 1.29 is 9.59 Å². The lowest BCUT2D eigenvalue weighted by Crippen LogP contribution is -2.57. The fraction of sp³-hybridized carbons (Fsp3) is 0.765. The van der Waals surface area contributed by atoms with E-state index >= 15 is 0 Å². The number of nitrogens with one attached hydrogen (secondary N) is 1.